The Hall–Kier alpha value is -2.17. The molecule has 0 amide bonds. The molecule has 1 aromatic carbocycles. The van der Waals surface area contributed by atoms with Gasteiger partial charge in [0.2, 0.25) is 0 Å². The lowest BCUT2D eigenvalue weighted by atomic mass is 9.94. The van der Waals surface area contributed by atoms with Gasteiger partial charge in [-0.2, -0.15) is 0 Å². The molecule has 5 nitrogen and oxygen atoms in total. The molecule has 0 aliphatic carbocycles. The first-order chi connectivity index (χ1) is 10.6. The Labute approximate surface area is 131 Å². The average molecular weight is 301 g/mol. The maximum Gasteiger partial charge on any atom is 0.328 e. The number of ether oxygens (including phenoxy) is 1. The molecule has 0 aromatic heterocycles. The number of carbonyl (C=O) groups excluding carboxylic acids is 1. The molecule has 0 bridgehead atoms. The van der Waals surface area contributed by atoms with Gasteiger partial charge >= 0.3 is 5.97 Å². The largest absolute Gasteiger partial charge is 0.464 e. The second-order valence-electron chi connectivity index (χ2n) is 5.87. The fourth-order valence-electron chi connectivity index (χ4n) is 3.34. The first-order valence-electron chi connectivity index (χ1n) is 7.88. The van der Waals surface area contributed by atoms with E-state index in [0.717, 1.165) is 42.9 Å². The number of anilines is 2. The Kier molecular flexibility index (Phi) is 3.96. The molecule has 2 aliphatic heterocycles. The number of rotatable bonds is 2. The summed E-state index contributed by atoms with van der Waals surface area (Å²) in [5.41, 5.74) is 10.6. The molecule has 2 aliphatic rings. The minimum atomic E-state index is -0.266. The van der Waals surface area contributed by atoms with Gasteiger partial charge in [0.1, 0.15) is 11.9 Å². The zero-order chi connectivity index (χ0) is 15.7. The van der Waals surface area contributed by atoms with E-state index in [-0.39, 0.29) is 12.0 Å². The lowest BCUT2D eigenvalue weighted by Gasteiger charge is -2.34. The molecule has 2 heterocycles. The van der Waals surface area contributed by atoms with Crippen molar-refractivity contribution < 1.29 is 9.53 Å². The van der Waals surface area contributed by atoms with Crippen LogP contribution in [0, 0.1) is 0 Å². The number of nitrogens with one attached hydrogen (secondary N) is 1. The highest BCUT2D eigenvalue weighted by Gasteiger charge is 2.30. The van der Waals surface area contributed by atoms with Crippen LogP contribution in [0.5, 0.6) is 0 Å². The van der Waals surface area contributed by atoms with Crippen LogP contribution in [0.25, 0.3) is 0 Å². The fraction of sp³-hybridized carbons (Fsp3) is 0.471. The second kappa shape index (κ2) is 5.91. The number of nitrogens with two attached hydrogens (primary N) is 1. The minimum absolute atomic E-state index is 0.164. The monoisotopic (exact) mass is 301 g/mol. The molecule has 1 aromatic rings. The third kappa shape index (κ3) is 2.51. The van der Waals surface area contributed by atoms with E-state index in [1.165, 1.54) is 11.1 Å². The molecular weight excluding hydrogens is 278 g/mol. The first-order valence-corrected chi connectivity index (χ1v) is 7.88. The molecule has 5 heteroatoms. The summed E-state index contributed by atoms with van der Waals surface area (Å²) in [5.74, 6) is 0.872. The van der Waals surface area contributed by atoms with Crippen molar-refractivity contribution >= 4 is 17.3 Å². The highest BCUT2D eigenvalue weighted by Crippen LogP contribution is 2.37. The number of benzene rings is 1. The number of carbonyl (C=O) groups is 1. The molecule has 0 fully saturated rings. The van der Waals surface area contributed by atoms with Crippen LogP contribution in [0.1, 0.15) is 31.7 Å². The van der Waals surface area contributed by atoms with Crippen molar-refractivity contribution in [1.82, 2.24) is 5.32 Å². The van der Waals surface area contributed by atoms with E-state index in [0.29, 0.717) is 6.61 Å². The highest BCUT2D eigenvalue weighted by atomic mass is 16.5. The quantitative estimate of drug-likeness (QED) is 0.647. The van der Waals surface area contributed by atoms with E-state index in [9.17, 15) is 4.79 Å². The van der Waals surface area contributed by atoms with Crippen LogP contribution >= 0.6 is 0 Å². The van der Waals surface area contributed by atoms with Gasteiger partial charge < -0.3 is 20.7 Å². The fourth-order valence-corrected chi connectivity index (χ4v) is 3.34. The van der Waals surface area contributed by atoms with Gasteiger partial charge in [-0.25, -0.2) is 4.79 Å². The Balaban J connectivity index is 1.91. The van der Waals surface area contributed by atoms with Crippen molar-refractivity contribution in [3.8, 4) is 0 Å². The lowest BCUT2D eigenvalue weighted by molar-refractivity contribution is -0.145. The standard InChI is InChI=1S/C17H23N3O2/c1-3-22-17(21)14-8-4-6-11-10-12-13(18)7-5-9-15(12)20(2)16(11)19-14/h5,7,9,14,19H,3-4,6,8,10,18H2,1-2H3. The summed E-state index contributed by atoms with van der Waals surface area (Å²) < 4.78 is 5.18. The smallest absolute Gasteiger partial charge is 0.328 e. The summed E-state index contributed by atoms with van der Waals surface area (Å²) in [4.78, 5) is 14.2. The van der Waals surface area contributed by atoms with Crippen LogP contribution < -0.4 is 16.0 Å². The van der Waals surface area contributed by atoms with E-state index in [1.807, 2.05) is 26.1 Å². The van der Waals surface area contributed by atoms with E-state index in [2.05, 4.69) is 16.3 Å². The van der Waals surface area contributed by atoms with Crippen LogP contribution in [0.4, 0.5) is 11.4 Å². The van der Waals surface area contributed by atoms with Crippen molar-refractivity contribution in [2.24, 2.45) is 0 Å². The number of hydrogen-bond acceptors (Lipinski definition) is 5. The Morgan fingerprint density at radius 1 is 1.50 bits per heavy atom. The van der Waals surface area contributed by atoms with Crippen molar-refractivity contribution in [1.29, 1.82) is 0 Å². The molecule has 0 radical (unpaired) electrons. The topological polar surface area (TPSA) is 67.6 Å². The maximum absolute atomic E-state index is 12.1. The summed E-state index contributed by atoms with van der Waals surface area (Å²) in [6.07, 6.45) is 3.61. The van der Waals surface area contributed by atoms with Crippen molar-refractivity contribution in [3.05, 3.63) is 35.2 Å². The summed E-state index contributed by atoms with van der Waals surface area (Å²) in [7, 11) is 2.02. The van der Waals surface area contributed by atoms with Crippen LogP contribution in [-0.4, -0.2) is 25.7 Å². The van der Waals surface area contributed by atoms with Gasteiger partial charge in [0.05, 0.1) is 6.61 Å². The zero-order valence-electron chi connectivity index (χ0n) is 13.2. The van der Waals surface area contributed by atoms with E-state index in [4.69, 9.17) is 10.5 Å². The average Bonchev–Trinajstić information content (AvgIpc) is 2.72. The number of allylic oxidation sites excluding steroid dienone is 1. The summed E-state index contributed by atoms with van der Waals surface area (Å²) in [6, 6.07) is 5.72. The lowest BCUT2D eigenvalue weighted by Crippen LogP contribution is -2.42. The number of hydrogen-bond donors (Lipinski definition) is 2. The minimum Gasteiger partial charge on any atom is -0.464 e. The van der Waals surface area contributed by atoms with Crippen molar-refractivity contribution in [2.75, 3.05) is 24.3 Å². The number of esters is 1. The Morgan fingerprint density at radius 3 is 3.09 bits per heavy atom. The Morgan fingerprint density at radius 2 is 2.32 bits per heavy atom. The van der Waals surface area contributed by atoms with Crippen LogP contribution in [0.15, 0.2) is 29.6 Å². The van der Waals surface area contributed by atoms with Gasteiger partial charge in [0, 0.05) is 30.4 Å². The number of fused-ring (bicyclic) bond motifs is 1. The summed E-state index contributed by atoms with van der Waals surface area (Å²) in [5, 5.41) is 3.40. The predicted molar refractivity (Wildman–Crippen MR) is 87.4 cm³/mol. The van der Waals surface area contributed by atoms with Crippen LogP contribution in [-0.2, 0) is 16.0 Å². The van der Waals surface area contributed by atoms with Gasteiger partial charge in [0.15, 0.2) is 0 Å². The van der Waals surface area contributed by atoms with Crippen LogP contribution in [0.2, 0.25) is 0 Å². The van der Waals surface area contributed by atoms with Gasteiger partial charge in [-0.1, -0.05) is 6.07 Å². The zero-order valence-corrected chi connectivity index (χ0v) is 13.2. The molecule has 1 atom stereocenters. The van der Waals surface area contributed by atoms with E-state index >= 15 is 0 Å². The van der Waals surface area contributed by atoms with E-state index < -0.39 is 0 Å². The van der Waals surface area contributed by atoms with E-state index in [1.54, 1.807) is 0 Å². The van der Waals surface area contributed by atoms with Gasteiger partial charge in [0.25, 0.3) is 0 Å². The Bertz CT molecular complexity index is 624. The molecule has 0 saturated heterocycles. The molecule has 0 spiro atoms. The van der Waals surface area contributed by atoms with Gasteiger partial charge in [-0.05, 0) is 43.9 Å². The summed E-state index contributed by atoms with van der Waals surface area (Å²) >= 11 is 0. The van der Waals surface area contributed by atoms with Crippen molar-refractivity contribution in [2.45, 2.75) is 38.6 Å². The summed E-state index contributed by atoms with van der Waals surface area (Å²) in [6.45, 7) is 2.25. The second-order valence-corrected chi connectivity index (χ2v) is 5.87. The maximum atomic E-state index is 12.1. The number of nitrogens with zero attached hydrogens (tertiary/aromatic N) is 1. The van der Waals surface area contributed by atoms with Crippen molar-refractivity contribution in [3.63, 3.8) is 0 Å². The SMILES string of the molecule is CCOC(=O)C1CCCC2=C(N1)N(C)c1cccc(N)c1C2. The van der Waals surface area contributed by atoms with Gasteiger partial charge in [-0.15, -0.1) is 0 Å². The molecule has 22 heavy (non-hydrogen) atoms. The number of nitrogen functional groups attached to an aromatic ring is 1. The third-order valence-electron chi connectivity index (χ3n) is 4.46. The predicted octanol–water partition coefficient (Wildman–Crippen LogP) is 2.18. The normalized spacial score (nSPS) is 20.6. The molecule has 0 saturated carbocycles. The molecule has 118 valence electrons. The highest BCUT2D eigenvalue weighted by molar-refractivity contribution is 5.77. The van der Waals surface area contributed by atoms with Crippen LogP contribution in [0.3, 0.4) is 0 Å². The first kappa shape index (κ1) is 14.8. The molecule has 3 N–H and O–H groups in total. The molecule has 3 rings (SSSR count). The van der Waals surface area contributed by atoms with Gasteiger partial charge in [-0.3, -0.25) is 0 Å². The molecule has 1 unspecified atom stereocenters. The third-order valence-corrected chi connectivity index (χ3v) is 4.46. The molecular formula is C17H23N3O2.